The van der Waals surface area contributed by atoms with Gasteiger partial charge in [0.15, 0.2) is 0 Å². The van der Waals surface area contributed by atoms with Crippen LogP contribution in [0.25, 0.3) is 0 Å². The lowest BCUT2D eigenvalue weighted by molar-refractivity contribution is 0.413. The number of aliphatic hydroxyl groups is 1. The van der Waals surface area contributed by atoms with Gasteiger partial charge in [-0.05, 0) is 43.9 Å². The molecule has 0 fully saturated rings. The van der Waals surface area contributed by atoms with Crippen LogP contribution in [-0.2, 0) is 0 Å². The Morgan fingerprint density at radius 1 is 1.30 bits per heavy atom. The molecule has 2 rings (SSSR count). The van der Waals surface area contributed by atoms with Crippen LogP contribution in [0.15, 0.2) is 78.6 Å². The first-order valence-corrected chi connectivity index (χ1v) is 8.02. The second-order valence-electron chi connectivity index (χ2n) is 5.99. The van der Waals surface area contributed by atoms with Gasteiger partial charge in [0.25, 0.3) is 0 Å². The van der Waals surface area contributed by atoms with Gasteiger partial charge in [-0.15, -0.1) is 6.58 Å². The van der Waals surface area contributed by atoms with E-state index < -0.39 is 0 Å². The van der Waals surface area contributed by atoms with E-state index in [-0.39, 0.29) is 6.04 Å². The standard InChI is InChI=1S/C21H25NO/c1-5-9-21-19(13-12-15(3)14-16(4)23)17-10-7-8-11-18(17)20(6-2)22-21/h5-8,10-11,14,19,21,23H,1-3,9,12-13H2,4H3/b16-14+. The van der Waals surface area contributed by atoms with Crippen molar-refractivity contribution in [2.75, 3.05) is 0 Å². The third kappa shape index (κ3) is 4.10. The lowest BCUT2D eigenvalue weighted by Crippen LogP contribution is -2.25. The Morgan fingerprint density at radius 3 is 2.70 bits per heavy atom. The molecular weight excluding hydrogens is 282 g/mol. The van der Waals surface area contributed by atoms with Crippen molar-refractivity contribution in [1.29, 1.82) is 0 Å². The number of benzene rings is 1. The lowest BCUT2D eigenvalue weighted by Gasteiger charge is -2.31. The summed E-state index contributed by atoms with van der Waals surface area (Å²) >= 11 is 0. The topological polar surface area (TPSA) is 32.6 Å². The number of hydrogen-bond acceptors (Lipinski definition) is 2. The minimum Gasteiger partial charge on any atom is -0.513 e. The molecule has 2 unspecified atom stereocenters. The van der Waals surface area contributed by atoms with Crippen molar-refractivity contribution in [2.24, 2.45) is 4.99 Å². The van der Waals surface area contributed by atoms with Gasteiger partial charge in [-0.25, -0.2) is 0 Å². The maximum Gasteiger partial charge on any atom is 0.0894 e. The Labute approximate surface area is 139 Å². The zero-order chi connectivity index (χ0) is 16.8. The van der Waals surface area contributed by atoms with E-state index in [0.29, 0.717) is 11.7 Å². The lowest BCUT2D eigenvalue weighted by atomic mass is 9.79. The summed E-state index contributed by atoms with van der Waals surface area (Å²) in [4.78, 5) is 4.88. The first-order chi connectivity index (χ1) is 11.1. The van der Waals surface area contributed by atoms with E-state index in [1.165, 1.54) is 11.1 Å². The van der Waals surface area contributed by atoms with Gasteiger partial charge in [-0.3, -0.25) is 4.99 Å². The molecule has 1 aromatic rings. The van der Waals surface area contributed by atoms with Gasteiger partial charge in [-0.2, -0.15) is 0 Å². The molecule has 0 aliphatic carbocycles. The van der Waals surface area contributed by atoms with Crippen LogP contribution in [0.2, 0.25) is 0 Å². The number of aliphatic imine (C=N–C) groups is 1. The number of fused-ring (bicyclic) bond motifs is 1. The first-order valence-electron chi connectivity index (χ1n) is 8.02. The summed E-state index contributed by atoms with van der Waals surface area (Å²) in [6, 6.07) is 8.60. The molecule has 0 radical (unpaired) electrons. The van der Waals surface area contributed by atoms with Crippen LogP contribution in [-0.4, -0.2) is 16.9 Å². The summed E-state index contributed by atoms with van der Waals surface area (Å²) in [5.74, 6) is 0.630. The van der Waals surface area contributed by atoms with Crippen molar-refractivity contribution < 1.29 is 5.11 Å². The molecule has 23 heavy (non-hydrogen) atoms. The van der Waals surface area contributed by atoms with Crippen LogP contribution < -0.4 is 0 Å². The van der Waals surface area contributed by atoms with E-state index in [0.717, 1.165) is 30.5 Å². The Balaban J connectivity index is 2.29. The number of aliphatic hydroxyl groups excluding tert-OH is 1. The summed E-state index contributed by atoms with van der Waals surface area (Å²) < 4.78 is 0. The van der Waals surface area contributed by atoms with Crippen molar-refractivity contribution in [2.45, 2.75) is 38.1 Å². The van der Waals surface area contributed by atoms with E-state index in [2.05, 4.69) is 37.9 Å². The monoisotopic (exact) mass is 307 g/mol. The molecule has 0 aromatic heterocycles. The molecule has 0 amide bonds. The van der Waals surface area contributed by atoms with Crippen LogP contribution >= 0.6 is 0 Å². The summed E-state index contributed by atoms with van der Waals surface area (Å²) in [6.07, 6.45) is 8.13. The fourth-order valence-corrected chi connectivity index (χ4v) is 3.21. The molecule has 1 aliphatic heterocycles. The Bertz CT molecular complexity index is 662. The Hall–Kier alpha value is -2.35. The molecule has 1 N–H and O–H groups in total. The van der Waals surface area contributed by atoms with E-state index in [9.17, 15) is 5.11 Å². The summed E-state index contributed by atoms with van der Waals surface area (Å²) in [7, 11) is 0. The van der Waals surface area contributed by atoms with Crippen LogP contribution in [0.3, 0.4) is 0 Å². The second-order valence-corrected chi connectivity index (χ2v) is 5.99. The second kappa shape index (κ2) is 7.77. The van der Waals surface area contributed by atoms with Gasteiger partial charge in [0.1, 0.15) is 0 Å². The largest absolute Gasteiger partial charge is 0.513 e. The molecule has 0 spiro atoms. The van der Waals surface area contributed by atoms with Crippen molar-refractivity contribution >= 4 is 5.71 Å². The van der Waals surface area contributed by atoms with Gasteiger partial charge in [-0.1, -0.05) is 49.1 Å². The number of hydrogen-bond donors (Lipinski definition) is 1. The third-order valence-electron chi connectivity index (χ3n) is 4.20. The number of rotatable bonds is 7. The smallest absolute Gasteiger partial charge is 0.0894 e. The molecule has 120 valence electrons. The van der Waals surface area contributed by atoms with E-state index >= 15 is 0 Å². The predicted molar refractivity (Wildman–Crippen MR) is 99.3 cm³/mol. The van der Waals surface area contributed by atoms with Gasteiger partial charge >= 0.3 is 0 Å². The van der Waals surface area contributed by atoms with Crippen molar-refractivity contribution in [3.8, 4) is 0 Å². The van der Waals surface area contributed by atoms with Crippen molar-refractivity contribution in [3.63, 3.8) is 0 Å². The van der Waals surface area contributed by atoms with Gasteiger partial charge in [0, 0.05) is 11.5 Å². The summed E-state index contributed by atoms with van der Waals surface area (Å²) in [5, 5.41) is 9.37. The Kier molecular flexibility index (Phi) is 5.75. The van der Waals surface area contributed by atoms with Crippen molar-refractivity contribution in [3.05, 3.63) is 84.7 Å². The molecule has 1 aromatic carbocycles. The predicted octanol–water partition coefficient (Wildman–Crippen LogP) is 5.50. The summed E-state index contributed by atoms with van der Waals surface area (Å²) in [5.41, 5.74) is 4.40. The van der Waals surface area contributed by atoms with Crippen LogP contribution in [0.5, 0.6) is 0 Å². The van der Waals surface area contributed by atoms with E-state index in [4.69, 9.17) is 4.99 Å². The van der Waals surface area contributed by atoms with Gasteiger partial charge in [0.05, 0.1) is 17.5 Å². The van der Waals surface area contributed by atoms with Crippen molar-refractivity contribution in [1.82, 2.24) is 0 Å². The fourth-order valence-electron chi connectivity index (χ4n) is 3.21. The zero-order valence-electron chi connectivity index (χ0n) is 13.8. The molecule has 0 bridgehead atoms. The fraction of sp³-hybridized carbons (Fsp3) is 0.286. The minimum absolute atomic E-state index is 0.183. The molecule has 1 heterocycles. The normalized spacial score (nSPS) is 20.4. The maximum absolute atomic E-state index is 9.37. The van der Waals surface area contributed by atoms with E-state index in [1.54, 1.807) is 13.0 Å². The highest BCUT2D eigenvalue weighted by atomic mass is 16.3. The highest BCUT2D eigenvalue weighted by molar-refractivity contribution is 6.10. The van der Waals surface area contributed by atoms with Crippen LogP contribution in [0.1, 0.15) is 43.2 Å². The van der Waals surface area contributed by atoms with Gasteiger partial charge < -0.3 is 5.11 Å². The molecule has 0 saturated carbocycles. The molecule has 2 heteroatoms. The third-order valence-corrected chi connectivity index (χ3v) is 4.20. The molecule has 2 atom stereocenters. The van der Waals surface area contributed by atoms with Crippen LogP contribution in [0.4, 0.5) is 0 Å². The molecule has 0 saturated heterocycles. The Morgan fingerprint density at radius 2 is 2.04 bits per heavy atom. The molecule has 2 nitrogen and oxygen atoms in total. The molecular formula is C21H25NO. The highest BCUT2D eigenvalue weighted by Crippen LogP contribution is 2.36. The molecule has 1 aliphatic rings. The number of nitrogens with zero attached hydrogens (tertiary/aromatic N) is 1. The quantitative estimate of drug-likeness (QED) is 0.402. The van der Waals surface area contributed by atoms with Crippen LogP contribution in [0, 0.1) is 0 Å². The van der Waals surface area contributed by atoms with Gasteiger partial charge in [0.2, 0.25) is 0 Å². The summed E-state index contributed by atoms with van der Waals surface area (Å²) in [6.45, 7) is 13.5. The highest BCUT2D eigenvalue weighted by Gasteiger charge is 2.28. The first kappa shape index (κ1) is 17.0. The SMILES string of the molecule is C=CCC1N=C(C=C)c2ccccc2C1CCC(=C)/C=C(\C)O. The number of allylic oxidation sites excluding steroid dienone is 4. The minimum atomic E-state index is 0.183. The van der Waals surface area contributed by atoms with E-state index in [1.807, 2.05) is 18.2 Å². The average Bonchev–Trinajstić information content (AvgIpc) is 2.52. The average molecular weight is 307 g/mol. The maximum atomic E-state index is 9.37. The zero-order valence-corrected chi connectivity index (χ0v) is 13.8.